The number of fused-ring (bicyclic) bond motifs is 1. The molecule has 134 valence electrons. The summed E-state index contributed by atoms with van der Waals surface area (Å²) in [6, 6.07) is 14.5. The number of hydrogen-bond donors (Lipinski definition) is 0. The minimum Gasteiger partial charge on any atom is -0.408 e. The summed E-state index contributed by atoms with van der Waals surface area (Å²) in [5.41, 5.74) is 3.12. The average Bonchev–Trinajstić information content (AvgIpc) is 2.96. The van der Waals surface area contributed by atoms with Gasteiger partial charge in [0.05, 0.1) is 10.4 Å². The number of sulfonamides is 1. The second-order valence-corrected chi connectivity index (χ2v) is 8.20. The molecule has 0 spiro atoms. The highest BCUT2D eigenvalue weighted by molar-refractivity contribution is 7.89. The molecule has 1 aromatic heterocycles. The molecule has 7 heteroatoms. The summed E-state index contributed by atoms with van der Waals surface area (Å²) in [6.45, 7) is 0.739. The van der Waals surface area contributed by atoms with Gasteiger partial charge in [0.2, 0.25) is 10.0 Å². The van der Waals surface area contributed by atoms with E-state index in [9.17, 15) is 13.2 Å². The van der Waals surface area contributed by atoms with Crippen molar-refractivity contribution in [3.05, 3.63) is 70.7 Å². The second kappa shape index (κ2) is 6.26. The van der Waals surface area contributed by atoms with Gasteiger partial charge in [-0.05, 0) is 29.7 Å². The molecule has 26 heavy (non-hydrogen) atoms. The molecule has 0 atom stereocenters. The van der Waals surface area contributed by atoms with Gasteiger partial charge >= 0.3 is 5.76 Å². The van der Waals surface area contributed by atoms with E-state index in [4.69, 9.17) is 4.42 Å². The number of aryl methyl sites for hydroxylation is 1. The molecule has 4 rings (SSSR count). The van der Waals surface area contributed by atoms with Crippen molar-refractivity contribution in [1.82, 2.24) is 8.87 Å². The smallest absolute Gasteiger partial charge is 0.408 e. The van der Waals surface area contributed by atoms with Crippen LogP contribution in [-0.4, -0.2) is 30.4 Å². The van der Waals surface area contributed by atoms with Crippen LogP contribution in [0.3, 0.4) is 0 Å². The van der Waals surface area contributed by atoms with E-state index in [-0.39, 0.29) is 10.5 Å². The standard InChI is InChI=1S/C19H18N2O4S/c1-20-17-8-7-16(13-18(17)25-19(20)22)26(23,24)21-11-9-15(10-12-21)14-5-3-2-4-6-14/h2-9,13H,10-12H2,1H3. The number of hydrogen-bond acceptors (Lipinski definition) is 4. The van der Waals surface area contributed by atoms with Crippen LogP contribution in [-0.2, 0) is 17.1 Å². The number of rotatable bonds is 3. The molecular weight excluding hydrogens is 352 g/mol. The molecule has 0 amide bonds. The average molecular weight is 370 g/mol. The molecule has 0 saturated heterocycles. The molecule has 2 aromatic carbocycles. The Balaban J connectivity index is 1.63. The lowest BCUT2D eigenvalue weighted by atomic mass is 10.0. The molecule has 2 heterocycles. The van der Waals surface area contributed by atoms with Crippen LogP contribution in [0.4, 0.5) is 0 Å². The first-order valence-corrected chi connectivity index (χ1v) is 9.75. The van der Waals surface area contributed by atoms with Crippen LogP contribution in [0.5, 0.6) is 0 Å². The van der Waals surface area contributed by atoms with Gasteiger partial charge < -0.3 is 4.42 Å². The SMILES string of the molecule is Cn1c(=O)oc2cc(S(=O)(=O)N3CC=C(c4ccccc4)CC3)ccc21. The maximum Gasteiger partial charge on any atom is 0.419 e. The van der Waals surface area contributed by atoms with Gasteiger partial charge in [0.15, 0.2) is 5.58 Å². The molecule has 0 N–H and O–H groups in total. The molecular formula is C19H18N2O4S. The van der Waals surface area contributed by atoms with Crippen LogP contribution in [0.25, 0.3) is 16.7 Å². The fourth-order valence-corrected chi connectivity index (χ4v) is 4.60. The van der Waals surface area contributed by atoms with Gasteiger partial charge in [0.25, 0.3) is 0 Å². The van der Waals surface area contributed by atoms with E-state index in [1.807, 2.05) is 36.4 Å². The van der Waals surface area contributed by atoms with E-state index in [1.54, 1.807) is 13.1 Å². The molecule has 1 aliphatic rings. The molecule has 0 bridgehead atoms. The number of nitrogens with zero attached hydrogens (tertiary/aromatic N) is 2. The Morgan fingerprint density at radius 2 is 1.85 bits per heavy atom. The third-order valence-corrected chi connectivity index (χ3v) is 6.58. The van der Waals surface area contributed by atoms with Gasteiger partial charge in [-0.2, -0.15) is 4.31 Å². The summed E-state index contributed by atoms with van der Waals surface area (Å²) in [6.07, 6.45) is 2.61. The summed E-state index contributed by atoms with van der Waals surface area (Å²) in [4.78, 5) is 11.7. The van der Waals surface area contributed by atoms with E-state index in [0.29, 0.717) is 25.0 Å². The molecule has 6 nitrogen and oxygen atoms in total. The Morgan fingerprint density at radius 3 is 2.54 bits per heavy atom. The minimum absolute atomic E-state index is 0.135. The highest BCUT2D eigenvalue weighted by atomic mass is 32.2. The summed E-state index contributed by atoms with van der Waals surface area (Å²) >= 11 is 0. The molecule has 0 radical (unpaired) electrons. The molecule has 1 aliphatic heterocycles. The topological polar surface area (TPSA) is 72.5 Å². The van der Waals surface area contributed by atoms with Gasteiger partial charge in [-0.3, -0.25) is 4.57 Å². The third-order valence-electron chi connectivity index (χ3n) is 4.72. The largest absolute Gasteiger partial charge is 0.419 e. The molecule has 0 saturated carbocycles. The lowest BCUT2D eigenvalue weighted by Gasteiger charge is -2.26. The fourth-order valence-electron chi connectivity index (χ4n) is 3.21. The van der Waals surface area contributed by atoms with Crippen molar-refractivity contribution in [2.45, 2.75) is 11.3 Å². The predicted molar refractivity (Wildman–Crippen MR) is 99.2 cm³/mol. The monoisotopic (exact) mass is 370 g/mol. The maximum atomic E-state index is 12.9. The van der Waals surface area contributed by atoms with E-state index in [1.165, 1.54) is 21.0 Å². The normalized spacial score (nSPS) is 16.0. The zero-order valence-electron chi connectivity index (χ0n) is 14.3. The van der Waals surface area contributed by atoms with Crippen molar-refractivity contribution in [3.63, 3.8) is 0 Å². The Morgan fingerprint density at radius 1 is 1.08 bits per heavy atom. The van der Waals surface area contributed by atoms with Gasteiger partial charge in [-0.25, -0.2) is 13.2 Å². The first-order chi connectivity index (χ1) is 12.5. The summed E-state index contributed by atoms with van der Waals surface area (Å²) in [5.74, 6) is -0.511. The third kappa shape index (κ3) is 2.79. The minimum atomic E-state index is -3.65. The van der Waals surface area contributed by atoms with E-state index in [2.05, 4.69) is 0 Å². The Kier molecular flexibility index (Phi) is 4.05. The molecule has 0 aliphatic carbocycles. The van der Waals surface area contributed by atoms with Gasteiger partial charge in [0, 0.05) is 26.2 Å². The van der Waals surface area contributed by atoms with Crippen LogP contribution >= 0.6 is 0 Å². The molecule has 3 aromatic rings. The van der Waals surface area contributed by atoms with Crippen LogP contribution in [0.1, 0.15) is 12.0 Å². The zero-order valence-corrected chi connectivity index (χ0v) is 15.1. The lowest BCUT2D eigenvalue weighted by molar-refractivity contribution is 0.441. The van der Waals surface area contributed by atoms with Crippen LogP contribution < -0.4 is 5.76 Å². The van der Waals surface area contributed by atoms with E-state index >= 15 is 0 Å². The van der Waals surface area contributed by atoms with Crippen LogP contribution in [0.2, 0.25) is 0 Å². The Bertz CT molecular complexity index is 1160. The number of aromatic nitrogens is 1. The van der Waals surface area contributed by atoms with E-state index < -0.39 is 15.8 Å². The lowest BCUT2D eigenvalue weighted by Crippen LogP contribution is -2.34. The molecule has 0 unspecified atom stereocenters. The van der Waals surface area contributed by atoms with Gasteiger partial charge in [-0.1, -0.05) is 36.4 Å². The van der Waals surface area contributed by atoms with Crippen molar-refractivity contribution >= 4 is 26.7 Å². The van der Waals surface area contributed by atoms with Gasteiger partial charge in [0.1, 0.15) is 0 Å². The maximum absolute atomic E-state index is 12.9. The molecule has 0 fully saturated rings. The van der Waals surface area contributed by atoms with Crippen molar-refractivity contribution < 1.29 is 12.8 Å². The zero-order chi connectivity index (χ0) is 18.3. The summed E-state index contributed by atoms with van der Waals surface area (Å²) in [7, 11) is -2.06. The summed E-state index contributed by atoms with van der Waals surface area (Å²) in [5, 5.41) is 0. The number of benzene rings is 2. The van der Waals surface area contributed by atoms with Crippen molar-refractivity contribution in [2.75, 3.05) is 13.1 Å². The highest BCUT2D eigenvalue weighted by Crippen LogP contribution is 2.27. The Hall–Kier alpha value is -2.64. The van der Waals surface area contributed by atoms with Crippen molar-refractivity contribution in [2.24, 2.45) is 7.05 Å². The quantitative estimate of drug-likeness (QED) is 0.710. The second-order valence-electron chi connectivity index (χ2n) is 6.26. The predicted octanol–water partition coefficient (Wildman–Crippen LogP) is 2.61. The summed E-state index contributed by atoms with van der Waals surface area (Å²) < 4.78 is 33.8. The van der Waals surface area contributed by atoms with Crippen LogP contribution in [0, 0.1) is 0 Å². The van der Waals surface area contributed by atoms with Gasteiger partial charge in [-0.15, -0.1) is 0 Å². The first-order valence-electron chi connectivity index (χ1n) is 8.31. The van der Waals surface area contributed by atoms with Crippen molar-refractivity contribution in [1.29, 1.82) is 0 Å². The number of oxazole rings is 1. The Labute approximate surface area is 151 Å². The highest BCUT2D eigenvalue weighted by Gasteiger charge is 2.27. The first kappa shape index (κ1) is 16.8. The van der Waals surface area contributed by atoms with Crippen LogP contribution in [0.15, 0.2) is 68.7 Å². The van der Waals surface area contributed by atoms with Crippen molar-refractivity contribution in [3.8, 4) is 0 Å². The van der Waals surface area contributed by atoms with E-state index in [0.717, 1.165) is 11.1 Å². The fraction of sp³-hybridized carbons (Fsp3) is 0.211.